The van der Waals surface area contributed by atoms with Crippen LogP contribution in [0, 0.1) is 0 Å². The summed E-state index contributed by atoms with van der Waals surface area (Å²) in [4.78, 5) is 4.60. The molecule has 5 heteroatoms. The molecule has 2 unspecified atom stereocenters. The zero-order chi connectivity index (χ0) is 14.5. The summed E-state index contributed by atoms with van der Waals surface area (Å²) in [6.07, 6.45) is 3.16. The number of aromatic nitrogens is 2. The van der Waals surface area contributed by atoms with Crippen LogP contribution < -0.4 is 5.32 Å². The summed E-state index contributed by atoms with van der Waals surface area (Å²) in [5.41, 5.74) is 1.26. The minimum absolute atomic E-state index is 0.223. The zero-order valence-electron chi connectivity index (χ0n) is 12.3. The van der Waals surface area contributed by atoms with Crippen LogP contribution in [0.25, 0.3) is 0 Å². The predicted octanol–water partition coefficient (Wildman–Crippen LogP) is 3.53. The maximum absolute atomic E-state index is 5.46. The Morgan fingerprint density at radius 3 is 2.95 bits per heavy atom. The Hall–Kier alpha value is -1.33. The molecule has 1 aromatic carbocycles. The average Bonchev–Trinajstić information content (AvgIpc) is 3.19. The molecule has 112 valence electrons. The van der Waals surface area contributed by atoms with Gasteiger partial charge in [-0.2, -0.15) is 16.7 Å². The van der Waals surface area contributed by atoms with Crippen LogP contribution in [0.4, 0.5) is 0 Å². The molecule has 2 aromatic rings. The van der Waals surface area contributed by atoms with Gasteiger partial charge in [0.1, 0.15) is 0 Å². The largest absolute Gasteiger partial charge is 0.339 e. The Labute approximate surface area is 129 Å². The Bertz CT molecular complexity index is 552. The van der Waals surface area contributed by atoms with E-state index >= 15 is 0 Å². The second-order valence-corrected chi connectivity index (χ2v) is 6.58. The number of rotatable bonds is 6. The molecule has 0 saturated carbocycles. The molecule has 2 atom stereocenters. The number of hydrogen-bond acceptors (Lipinski definition) is 5. The van der Waals surface area contributed by atoms with Gasteiger partial charge in [0, 0.05) is 12.5 Å². The average molecular weight is 303 g/mol. The molecule has 4 nitrogen and oxygen atoms in total. The number of benzene rings is 1. The predicted molar refractivity (Wildman–Crippen MR) is 85.3 cm³/mol. The fourth-order valence-corrected chi connectivity index (χ4v) is 3.87. The number of nitrogens with one attached hydrogen (secondary N) is 1. The van der Waals surface area contributed by atoms with E-state index in [0.29, 0.717) is 5.25 Å². The van der Waals surface area contributed by atoms with E-state index < -0.39 is 0 Å². The van der Waals surface area contributed by atoms with E-state index in [1.54, 1.807) is 0 Å². The van der Waals surface area contributed by atoms with Gasteiger partial charge in [-0.05, 0) is 30.7 Å². The van der Waals surface area contributed by atoms with Crippen molar-refractivity contribution in [1.82, 2.24) is 15.5 Å². The zero-order valence-corrected chi connectivity index (χ0v) is 13.1. The van der Waals surface area contributed by atoms with E-state index in [1.807, 2.05) is 17.8 Å². The summed E-state index contributed by atoms with van der Waals surface area (Å²) in [5, 5.41) is 8.09. The van der Waals surface area contributed by atoms with Gasteiger partial charge in [0.2, 0.25) is 5.89 Å². The van der Waals surface area contributed by atoms with Gasteiger partial charge in [-0.1, -0.05) is 42.4 Å². The summed E-state index contributed by atoms with van der Waals surface area (Å²) in [6.45, 7) is 3.03. The van der Waals surface area contributed by atoms with Crippen LogP contribution in [-0.2, 0) is 6.42 Å². The molecule has 1 aliphatic heterocycles. The van der Waals surface area contributed by atoms with Gasteiger partial charge in [0.15, 0.2) is 5.82 Å². The topological polar surface area (TPSA) is 51.0 Å². The summed E-state index contributed by atoms with van der Waals surface area (Å²) in [7, 11) is 0. The third-order valence-electron chi connectivity index (χ3n) is 3.73. The molecular formula is C16H21N3OS. The lowest BCUT2D eigenvalue weighted by Crippen LogP contribution is -2.23. The monoisotopic (exact) mass is 303 g/mol. The molecular weight excluding hydrogens is 282 g/mol. The lowest BCUT2D eigenvalue weighted by atomic mass is 10.0. The first-order valence-corrected chi connectivity index (χ1v) is 8.64. The van der Waals surface area contributed by atoms with Crippen LogP contribution in [0.15, 0.2) is 34.9 Å². The highest BCUT2D eigenvalue weighted by Gasteiger charge is 2.24. The lowest BCUT2D eigenvalue weighted by molar-refractivity contribution is 0.355. The second kappa shape index (κ2) is 7.09. The van der Waals surface area contributed by atoms with Gasteiger partial charge in [-0.25, -0.2) is 0 Å². The summed E-state index contributed by atoms with van der Waals surface area (Å²) >= 11 is 1.93. The van der Waals surface area contributed by atoms with E-state index in [0.717, 1.165) is 24.7 Å². The van der Waals surface area contributed by atoms with E-state index in [-0.39, 0.29) is 6.04 Å². The number of thioether (sulfide) groups is 1. The van der Waals surface area contributed by atoms with Crippen LogP contribution in [0.2, 0.25) is 0 Å². The molecule has 0 bridgehead atoms. The van der Waals surface area contributed by atoms with Crippen molar-refractivity contribution < 1.29 is 4.52 Å². The van der Waals surface area contributed by atoms with Crippen LogP contribution in [0.1, 0.15) is 48.3 Å². The normalized spacial score (nSPS) is 19.8. The first-order chi connectivity index (χ1) is 10.4. The van der Waals surface area contributed by atoms with Crippen molar-refractivity contribution in [2.45, 2.75) is 37.5 Å². The molecule has 2 heterocycles. The summed E-state index contributed by atoms with van der Waals surface area (Å²) in [5.74, 6) is 2.81. The fraction of sp³-hybridized carbons (Fsp3) is 0.500. The van der Waals surface area contributed by atoms with Crippen LogP contribution >= 0.6 is 11.8 Å². The van der Waals surface area contributed by atoms with Gasteiger partial charge in [-0.15, -0.1) is 0 Å². The quantitative estimate of drug-likeness (QED) is 0.884. The van der Waals surface area contributed by atoms with Crippen molar-refractivity contribution in [3.63, 3.8) is 0 Å². The fourth-order valence-electron chi connectivity index (χ4n) is 2.68. The minimum Gasteiger partial charge on any atom is -0.339 e. The van der Waals surface area contributed by atoms with Gasteiger partial charge in [0.05, 0.1) is 5.25 Å². The van der Waals surface area contributed by atoms with Crippen molar-refractivity contribution >= 4 is 11.8 Å². The Morgan fingerprint density at radius 1 is 1.38 bits per heavy atom. The van der Waals surface area contributed by atoms with Crippen molar-refractivity contribution in [3.8, 4) is 0 Å². The van der Waals surface area contributed by atoms with Crippen molar-refractivity contribution in [2.24, 2.45) is 0 Å². The summed E-state index contributed by atoms with van der Waals surface area (Å²) in [6, 6.07) is 10.7. The van der Waals surface area contributed by atoms with Crippen molar-refractivity contribution in [1.29, 1.82) is 0 Å². The minimum atomic E-state index is 0.223. The third kappa shape index (κ3) is 3.66. The smallest absolute Gasteiger partial charge is 0.228 e. The first-order valence-electron chi connectivity index (χ1n) is 7.59. The van der Waals surface area contributed by atoms with E-state index in [1.165, 1.54) is 24.2 Å². The molecule has 0 spiro atoms. The van der Waals surface area contributed by atoms with Crippen molar-refractivity contribution in [2.75, 3.05) is 12.3 Å². The lowest BCUT2D eigenvalue weighted by Gasteiger charge is -2.16. The summed E-state index contributed by atoms with van der Waals surface area (Å²) < 4.78 is 5.46. The van der Waals surface area contributed by atoms with Gasteiger partial charge in [-0.3, -0.25) is 0 Å². The van der Waals surface area contributed by atoms with Crippen LogP contribution in [0.5, 0.6) is 0 Å². The third-order valence-corrected chi connectivity index (χ3v) is 5.11. The molecule has 1 saturated heterocycles. The standard InChI is InChI=1S/C16H21N3OS/c1-2-17-13(12-7-4-3-5-8-12)11-15-18-16(19-20-15)14-9-6-10-21-14/h3-5,7-8,13-14,17H,2,6,9-11H2,1H3. The highest BCUT2D eigenvalue weighted by Crippen LogP contribution is 2.38. The Morgan fingerprint density at radius 2 is 2.24 bits per heavy atom. The highest BCUT2D eigenvalue weighted by molar-refractivity contribution is 7.99. The van der Waals surface area contributed by atoms with Gasteiger partial charge >= 0.3 is 0 Å². The maximum Gasteiger partial charge on any atom is 0.228 e. The van der Waals surface area contributed by atoms with E-state index in [9.17, 15) is 0 Å². The van der Waals surface area contributed by atoms with Crippen LogP contribution in [-0.4, -0.2) is 22.4 Å². The molecule has 1 aliphatic rings. The molecule has 0 aliphatic carbocycles. The second-order valence-electron chi connectivity index (χ2n) is 5.27. The molecule has 21 heavy (non-hydrogen) atoms. The Balaban J connectivity index is 1.71. The SMILES string of the molecule is CCNC(Cc1nc(C2CCCS2)no1)c1ccccc1. The molecule has 1 aromatic heterocycles. The van der Waals surface area contributed by atoms with E-state index in [4.69, 9.17) is 4.52 Å². The molecule has 0 radical (unpaired) electrons. The molecule has 1 fully saturated rings. The van der Waals surface area contributed by atoms with Crippen molar-refractivity contribution in [3.05, 3.63) is 47.6 Å². The number of likely N-dealkylation sites (N-methyl/N-ethyl adjacent to an activating group) is 1. The van der Waals surface area contributed by atoms with E-state index in [2.05, 4.69) is 46.6 Å². The maximum atomic E-state index is 5.46. The number of hydrogen-bond donors (Lipinski definition) is 1. The van der Waals surface area contributed by atoms with Crippen LogP contribution in [0.3, 0.4) is 0 Å². The highest BCUT2D eigenvalue weighted by atomic mass is 32.2. The molecule has 1 N–H and O–H groups in total. The van der Waals surface area contributed by atoms with Gasteiger partial charge in [0.25, 0.3) is 0 Å². The first kappa shape index (κ1) is 14.6. The van der Waals surface area contributed by atoms with Gasteiger partial charge < -0.3 is 9.84 Å². The Kier molecular flexibility index (Phi) is 4.93. The number of nitrogens with zero attached hydrogens (tertiary/aromatic N) is 2. The molecule has 0 amide bonds. The molecule has 3 rings (SSSR count).